The van der Waals surface area contributed by atoms with Crippen molar-refractivity contribution in [2.24, 2.45) is 17.3 Å². The first-order valence-corrected chi connectivity index (χ1v) is 10.5. The third-order valence-corrected chi connectivity index (χ3v) is 6.96. The zero-order valence-electron chi connectivity index (χ0n) is 16.1. The Morgan fingerprint density at radius 3 is 2.50 bits per heavy atom. The van der Waals surface area contributed by atoms with Gasteiger partial charge in [-0.1, -0.05) is 30.2 Å². The first-order valence-electron chi connectivity index (χ1n) is 10.1. The van der Waals surface area contributed by atoms with Gasteiger partial charge in [0, 0.05) is 38.1 Å². The second-order valence-corrected chi connectivity index (χ2v) is 9.15. The highest BCUT2D eigenvalue weighted by molar-refractivity contribution is 6.30. The van der Waals surface area contributed by atoms with Crippen molar-refractivity contribution < 1.29 is 9.32 Å². The van der Waals surface area contributed by atoms with Crippen molar-refractivity contribution in [1.29, 1.82) is 0 Å². The van der Waals surface area contributed by atoms with Crippen LogP contribution in [0.5, 0.6) is 0 Å². The maximum atomic E-state index is 13.6. The van der Waals surface area contributed by atoms with E-state index in [2.05, 4.69) is 15.0 Å². The number of likely N-dealkylation sites (tertiary alicyclic amines) is 1. The number of halogens is 1. The Bertz CT molecular complexity index is 863. The molecule has 1 amide bonds. The van der Waals surface area contributed by atoms with Crippen LogP contribution in [0.25, 0.3) is 0 Å². The van der Waals surface area contributed by atoms with E-state index in [9.17, 15) is 4.79 Å². The number of carbonyl (C=O) groups excluding carboxylic acids is 1. The molecule has 0 spiro atoms. The van der Waals surface area contributed by atoms with Gasteiger partial charge in [0.25, 0.3) is 5.95 Å². The number of benzene rings is 1. The van der Waals surface area contributed by atoms with E-state index in [1.807, 2.05) is 29.2 Å². The van der Waals surface area contributed by atoms with Crippen molar-refractivity contribution in [2.45, 2.75) is 32.6 Å². The summed E-state index contributed by atoms with van der Waals surface area (Å²) in [4.78, 5) is 22.1. The van der Waals surface area contributed by atoms with Gasteiger partial charge in [-0.2, -0.15) is 4.98 Å². The number of fused-ring (bicyclic) bond motifs is 1. The van der Waals surface area contributed by atoms with E-state index in [0.717, 1.165) is 18.7 Å². The first kappa shape index (κ1) is 18.0. The lowest BCUT2D eigenvalue weighted by Crippen LogP contribution is -2.65. The Morgan fingerprint density at radius 2 is 1.89 bits per heavy atom. The molecule has 1 aromatic heterocycles. The van der Waals surface area contributed by atoms with Crippen LogP contribution in [0.2, 0.25) is 5.02 Å². The van der Waals surface area contributed by atoms with Crippen LogP contribution < -0.4 is 4.90 Å². The van der Waals surface area contributed by atoms with Gasteiger partial charge in [-0.15, -0.1) is 0 Å². The van der Waals surface area contributed by atoms with Gasteiger partial charge >= 0.3 is 0 Å². The molecule has 1 aromatic carbocycles. The zero-order valence-corrected chi connectivity index (χ0v) is 16.9. The summed E-state index contributed by atoms with van der Waals surface area (Å²) in [6.45, 7) is 4.88. The Kier molecular flexibility index (Phi) is 4.34. The molecule has 1 aliphatic carbocycles. The molecule has 2 saturated heterocycles. The number of amides is 1. The monoisotopic (exact) mass is 400 g/mol. The lowest BCUT2D eigenvalue weighted by Gasteiger charge is -2.49. The van der Waals surface area contributed by atoms with Gasteiger partial charge in [0.15, 0.2) is 0 Å². The summed E-state index contributed by atoms with van der Waals surface area (Å²) in [7, 11) is 0. The molecule has 0 bridgehead atoms. The minimum absolute atomic E-state index is 0.285. The van der Waals surface area contributed by atoms with Crippen LogP contribution in [0, 0.1) is 24.2 Å². The second kappa shape index (κ2) is 6.76. The molecule has 7 heteroatoms. The summed E-state index contributed by atoms with van der Waals surface area (Å²) >= 11 is 6.05. The summed E-state index contributed by atoms with van der Waals surface area (Å²) in [5.41, 5.74) is 0.710. The molecule has 148 valence electrons. The molecule has 5 rings (SSSR count). The van der Waals surface area contributed by atoms with Gasteiger partial charge in [0.05, 0.1) is 5.41 Å². The standard InChI is InChI=1S/C21H25ClN4O2/c1-14-23-20(24-28-14)26-12-21(13-26,9-15-5-7-18(22)8-6-15)19(27)25-10-16-3-2-4-17(16)11-25/h5-8,16-17H,2-4,9-13H2,1H3/t16-,17+. The van der Waals surface area contributed by atoms with Crippen LogP contribution in [0.1, 0.15) is 30.7 Å². The molecule has 3 heterocycles. The largest absolute Gasteiger partial charge is 0.342 e. The van der Waals surface area contributed by atoms with Crippen molar-refractivity contribution in [3.63, 3.8) is 0 Å². The third-order valence-electron chi connectivity index (χ3n) is 6.71. The molecule has 0 radical (unpaired) electrons. The van der Waals surface area contributed by atoms with Crippen molar-refractivity contribution >= 4 is 23.5 Å². The van der Waals surface area contributed by atoms with Gasteiger partial charge in [0.2, 0.25) is 11.8 Å². The topological polar surface area (TPSA) is 62.5 Å². The van der Waals surface area contributed by atoms with E-state index in [0.29, 0.717) is 48.2 Å². The van der Waals surface area contributed by atoms with Crippen LogP contribution in [0.15, 0.2) is 28.8 Å². The summed E-state index contributed by atoms with van der Waals surface area (Å²) in [5.74, 6) is 2.81. The number of anilines is 1. The lowest BCUT2D eigenvalue weighted by molar-refractivity contribution is -0.143. The Hall–Kier alpha value is -2.08. The number of hydrogen-bond donors (Lipinski definition) is 0. The molecular formula is C21H25ClN4O2. The van der Waals surface area contributed by atoms with Crippen molar-refractivity contribution in [2.75, 3.05) is 31.1 Å². The van der Waals surface area contributed by atoms with E-state index in [-0.39, 0.29) is 5.91 Å². The Morgan fingerprint density at radius 1 is 1.21 bits per heavy atom. The fraction of sp³-hybridized carbons (Fsp3) is 0.571. The molecule has 1 saturated carbocycles. The predicted molar refractivity (Wildman–Crippen MR) is 106 cm³/mol. The fourth-order valence-corrected chi connectivity index (χ4v) is 5.42. The van der Waals surface area contributed by atoms with Crippen LogP contribution in [-0.4, -0.2) is 47.1 Å². The normalized spacial score (nSPS) is 25.6. The van der Waals surface area contributed by atoms with Crippen LogP contribution >= 0.6 is 11.6 Å². The molecule has 3 fully saturated rings. The smallest absolute Gasteiger partial charge is 0.266 e. The molecule has 2 atom stereocenters. The molecule has 0 N–H and O–H groups in total. The quantitative estimate of drug-likeness (QED) is 0.787. The molecule has 0 unspecified atom stereocenters. The molecule has 28 heavy (non-hydrogen) atoms. The highest BCUT2D eigenvalue weighted by Gasteiger charge is 2.54. The second-order valence-electron chi connectivity index (χ2n) is 8.71. The number of nitrogens with zero attached hydrogens (tertiary/aromatic N) is 4. The number of aromatic nitrogens is 2. The molecule has 2 aliphatic heterocycles. The van der Waals surface area contributed by atoms with E-state index >= 15 is 0 Å². The maximum absolute atomic E-state index is 13.6. The fourth-order valence-electron chi connectivity index (χ4n) is 5.29. The van der Waals surface area contributed by atoms with Crippen LogP contribution in [-0.2, 0) is 11.2 Å². The number of carbonyl (C=O) groups is 1. The number of aryl methyl sites for hydroxylation is 1. The number of hydrogen-bond acceptors (Lipinski definition) is 5. The van der Waals surface area contributed by atoms with Gasteiger partial charge in [0.1, 0.15) is 0 Å². The molecular weight excluding hydrogens is 376 g/mol. The Labute approximate surface area is 169 Å². The summed E-state index contributed by atoms with van der Waals surface area (Å²) < 4.78 is 5.12. The van der Waals surface area contributed by atoms with Crippen molar-refractivity contribution in [3.8, 4) is 0 Å². The average molecular weight is 401 g/mol. The minimum atomic E-state index is -0.430. The van der Waals surface area contributed by atoms with Crippen LogP contribution in [0.3, 0.4) is 0 Å². The summed E-state index contributed by atoms with van der Waals surface area (Å²) in [6, 6.07) is 7.84. The molecule has 3 aliphatic rings. The van der Waals surface area contributed by atoms with Gasteiger partial charge in [-0.25, -0.2) is 0 Å². The minimum Gasteiger partial charge on any atom is -0.342 e. The predicted octanol–water partition coefficient (Wildman–Crippen LogP) is 3.34. The highest BCUT2D eigenvalue weighted by atomic mass is 35.5. The first-order chi connectivity index (χ1) is 13.5. The highest BCUT2D eigenvalue weighted by Crippen LogP contribution is 2.43. The van der Waals surface area contributed by atoms with E-state index in [1.165, 1.54) is 19.3 Å². The Balaban J connectivity index is 1.37. The van der Waals surface area contributed by atoms with E-state index in [1.54, 1.807) is 6.92 Å². The number of rotatable bonds is 4. The van der Waals surface area contributed by atoms with Gasteiger partial charge in [-0.05, 0) is 54.0 Å². The van der Waals surface area contributed by atoms with E-state index < -0.39 is 5.41 Å². The lowest BCUT2D eigenvalue weighted by atomic mass is 9.73. The zero-order chi connectivity index (χ0) is 19.3. The molecule has 6 nitrogen and oxygen atoms in total. The van der Waals surface area contributed by atoms with Crippen LogP contribution in [0.4, 0.5) is 5.95 Å². The van der Waals surface area contributed by atoms with Crippen molar-refractivity contribution in [1.82, 2.24) is 15.0 Å². The van der Waals surface area contributed by atoms with E-state index in [4.69, 9.17) is 16.1 Å². The summed E-state index contributed by atoms with van der Waals surface area (Å²) in [5, 5.41) is 4.74. The SMILES string of the molecule is Cc1nc(N2CC(Cc3ccc(Cl)cc3)(C(=O)N3C[C@H]4CCC[C@H]4C3)C2)no1. The van der Waals surface area contributed by atoms with Gasteiger partial charge in [-0.3, -0.25) is 4.79 Å². The average Bonchev–Trinajstić information content (AvgIpc) is 3.35. The summed E-state index contributed by atoms with van der Waals surface area (Å²) in [6.07, 6.45) is 4.57. The van der Waals surface area contributed by atoms with Gasteiger partial charge < -0.3 is 14.3 Å². The van der Waals surface area contributed by atoms with Crippen molar-refractivity contribution in [3.05, 3.63) is 40.7 Å². The third kappa shape index (κ3) is 3.08. The maximum Gasteiger partial charge on any atom is 0.266 e. The molecule has 2 aromatic rings.